The van der Waals surface area contributed by atoms with Crippen molar-refractivity contribution in [1.29, 1.82) is 0 Å². The van der Waals surface area contributed by atoms with Gasteiger partial charge < -0.3 is 10.6 Å². The normalized spacial score (nSPS) is 10.4. The predicted molar refractivity (Wildman–Crippen MR) is 102 cm³/mol. The van der Waals surface area contributed by atoms with E-state index in [0.717, 1.165) is 24.2 Å². The summed E-state index contributed by atoms with van der Waals surface area (Å²) in [6, 6.07) is 11.6. The van der Waals surface area contributed by atoms with Crippen LogP contribution in [0.1, 0.15) is 25.0 Å². The van der Waals surface area contributed by atoms with Gasteiger partial charge in [-0.15, -0.1) is 0 Å². The second-order valence-electron chi connectivity index (χ2n) is 4.87. The fraction of sp³-hybridized carbons (Fsp3) is 0.235. The number of rotatable bonds is 4. The van der Waals surface area contributed by atoms with Gasteiger partial charge in [-0.1, -0.05) is 55.2 Å². The Morgan fingerprint density at radius 1 is 0.955 bits per heavy atom. The molecular weight excluding hydrogens is 335 g/mol. The molecule has 2 N–H and O–H groups in total. The molecular formula is C17H18Cl2N2S. The minimum atomic E-state index is 0.498. The van der Waals surface area contributed by atoms with E-state index in [1.54, 1.807) is 12.1 Å². The molecule has 0 radical (unpaired) electrons. The van der Waals surface area contributed by atoms with Crippen molar-refractivity contribution in [3.63, 3.8) is 0 Å². The van der Waals surface area contributed by atoms with Crippen LogP contribution in [-0.4, -0.2) is 5.11 Å². The third kappa shape index (κ3) is 4.13. The Kier molecular flexibility index (Phi) is 6.07. The van der Waals surface area contributed by atoms with Crippen molar-refractivity contribution in [2.45, 2.75) is 26.7 Å². The highest BCUT2D eigenvalue weighted by molar-refractivity contribution is 7.80. The zero-order valence-corrected chi connectivity index (χ0v) is 14.9. The molecule has 116 valence electrons. The van der Waals surface area contributed by atoms with Gasteiger partial charge in [-0.05, 0) is 54.4 Å². The number of hydrogen-bond acceptors (Lipinski definition) is 1. The summed E-state index contributed by atoms with van der Waals surface area (Å²) in [5.41, 5.74) is 4.39. The third-order valence-electron chi connectivity index (χ3n) is 3.41. The smallest absolute Gasteiger partial charge is 0.175 e. The van der Waals surface area contributed by atoms with Crippen molar-refractivity contribution in [1.82, 2.24) is 0 Å². The van der Waals surface area contributed by atoms with Crippen LogP contribution in [-0.2, 0) is 12.8 Å². The molecule has 0 amide bonds. The molecule has 0 atom stereocenters. The van der Waals surface area contributed by atoms with Gasteiger partial charge >= 0.3 is 0 Å². The molecule has 0 aliphatic heterocycles. The molecule has 0 aromatic heterocycles. The van der Waals surface area contributed by atoms with Crippen LogP contribution >= 0.6 is 35.4 Å². The topological polar surface area (TPSA) is 24.1 Å². The lowest BCUT2D eigenvalue weighted by Crippen LogP contribution is -2.20. The summed E-state index contributed by atoms with van der Waals surface area (Å²) in [7, 11) is 0. The van der Waals surface area contributed by atoms with Crippen molar-refractivity contribution in [2.24, 2.45) is 0 Å². The summed E-state index contributed by atoms with van der Waals surface area (Å²) < 4.78 is 0. The van der Waals surface area contributed by atoms with Crippen LogP contribution in [0.15, 0.2) is 36.4 Å². The highest BCUT2D eigenvalue weighted by Crippen LogP contribution is 2.26. The first kappa shape index (κ1) is 17.1. The highest BCUT2D eigenvalue weighted by Gasteiger charge is 2.08. The van der Waals surface area contributed by atoms with Gasteiger partial charge in [-0.2, -0.15) is 0 Å². The van der Waals surface area contributed by atoms with Gasteiger partial charge in [-0.25, -0.2) is 0 Å². The van der Waals surface area contributed by atoms with Crippen LogP contribution in [0.3, 0.4) is 0 Å². The Bertz CT molecular complexity index is 664. The number of thiocarbonyl (C=S) groups is 1. The first-order valence-corrected chi connectivity index (χ1v) is 8.35. The number of benzene rings is 2. The molecule has 0 heterocycles. The maximum Gasteiger partial charge on any atom is 0.175 e. The SMILES string of the molecule is CCc1cccc(CC)c1NC(=S)Nc1ccc(Cl)c(Cl)c1. The Morgan fingerprint density at radius 3 is 2.14 bits per heavy atom. The molecule has 0 aliphatic carbocycles. The molecule has 0 aliphatic rings. The van der Waals surface area contributed by atoms with E-state index in [0.29, 0.717) is 15.2 Å². The summed E-state index contributed by atoms with van der Waals surface area (Å²) in [5.74, 6) is 0. The van der Waals surface area contributed by atoms with E-state index in [2.05, 4.69) is 42.7 Å². The molecule has 5 heteroatoms. The van der Waals surface area contributed by atoms with Gasteiger partial charge in [0.05, 0.1) is 10.0 Å². The number of anilines is 2. The zero-order valence-electron chi connectivity index (χ0n) is 12.5. The van der Waals surface area contributed by atoms with Crippen molar-refractivity contribution in [2.75, 3.05) is 10.6 Å². The third-order valence-corrected chi connectivity index (χ3v) is 4.36. The van der Waals surface area contributed by atoms with Gasteiger partial charge in [0.15, 0.2) is 5.11 Å². The lowest BCUT2D eigenvalue weighted by Gasteiger charge is -2.17. The Labute approximate surface area is 146 Å². The first-order valence-electron chi connectivity index (χ1n) is 7.19. The van der Waals surface area contributed by atoms with Gasteiger partial charge in [0.2, 0.25) is 0 Å². The first-order chi connectivity index (χ1) is 10.5. The maximum atomic E-state index is 6.02. The predicted octanol–water partition coefficient (Wildman–Crippen LogP) is 5.93. The van der Waals surface area contributed by atoms with Gasteiger partial charge in [0.25, 0.3) is 0 Å². The van der Waals surface area contributed by atoms with Crippen LogP contribution in [0.2, 0.25) is 10.0 Å². The van der Waals surface area contributed by atoms with Gasteiger partial charge in [0, 0.05) is 11.4 Å². The largest absolute Gasteiger partial charge is 0.332 e. The lowest BCUT2D eigenvalue weighted by atomic mass is 10.0. The van der Waals surface area contributed by atoms with E-state index < -0.39 is 0 Å². The summed E-state index contributed by atoms with van der Waals surface area (Å²) in [4.78, 5) is 0. The molecule has 0 unspecified atom stereocenters. The monoisotopic (exact) mass is 352 g/mol. The molecule has 2 nitrogen and oxygen atoms in total. The minimum absolute atomic E-state index is 0.498. The van der Waals surface area contributed by atoms with Crippen molar-refractivity contribution in [3.05, 3.63) is 57.6 Å². The van der Waals surface area contributed by atoms with Crippen LogP contribution in [0.25, 0.3) is 0 Å². The Balaban J connectivity index is 2.17. The zero-order chi connectivity index (χ0) is 16.1. The molecule has 0 spiro atoms. The van der Waals surface area contributed by atoms with Gasteiger partial charge in [0.1, 0.15) is 0 Å². The van der Waals surface area contributed by atoms with E-state index in [-0.39, 0.29) is 0 Å². The fourth-order valence-corrected chi connectivity index (χ4v) is 2.77. The second kappa shape index (κ2) is 7.82. The molecule has 2 rings (SSSR count). The maximum absolute atomic E-state index is 6.02. The van der Waals surface area contributed by atoms with Crippen molar-refractivity contribution >= 4 is 51.9 Å². The molecule has 2 aromatic carbocycles. The van der Waals surface area contributed by atoms with Crippen LogP contribution in [0, 0.1) is 0 Å². The molecule has 0 saturated carbocycles. The van der Waals surface area contributed by atoms with E-state index in [1.165, 1.54) is 11.1 Å². The fourth-order valence-electron chi connectivity index (χ4n) is 2.25. The average Bonchev–Trinajstić information content (AvgIpc) is 2.51. The minimum Gasteiger partial charge on any atom is -0.332 e. The average molecular weight is 353 g/mol. The standard InChI is InChI=1S/C17H18Cl2N2S/c1-3-11-6-5-7-12(4-2)16(11)21-17(22)20-13-8-9-14(18)15(19)10-13/h5-10H,3-4H2,1-2H3,(H2,20,21,22). The van der Waals surface area contributed by atoms with Crippen molar-refractivity contribution < 1.29 is 0 Å². The van der Waals surface area contributed by atoms with E-state index in [4.69, 9.17) is 35.4 Å². The number of nitrogens with one attached hydrogen (secondary N) is 2. The summed E-state index contributed by atoms with van der Waals surface area (Å²) in [5, 5.41) is 8.00. The highest BCUT2D eigenvalue weighted by atomic mass is 35.5. The van der Waals surface area contributed by atoms with E-state index in [1.807, 2.05) is 6.07 Å². The quantitative estimate of drug-likeness (QED) is 0.667. The van der Waals surface area contributed by atoms with E-state index >= 15 is 0 Å². The number of halogens is 2. The van der Waals surface area contributed by atoms with Crippen LogP contribution in [0.5, 0.6) is 0 Å². The number of hydrogen-bond donors (Lipinski definition) is 2. The van der Waals surface area contributed by atoms with Gasteiger partial charge in [-0.3, -0.25) is 0 Å². The number of aryl methyl sites for hydroxylation is 2. The molecule has 0 saturated heterocycles. The molecule has 2 aromatic rings. The summed E-state index contributed by atoms with van der Waals surface area (Å²) in [6.07, 6.45) is 1.90. The van der Waals surface area contributed by atoms with Crippen molar-refractivity contribution in [3.8, 4) is 0 Å². The Hall–Kier alpha value is -1.29. The lowest BCUT2D eigenvalue weighted by molar-refractivity contribution is 1.09. The van der Waals surface area contributed by atoms with Crippen LogP contribution < -0.4 is 10.6 Å². The van der Waals surface area contributed by atoms with E-state index in [9.17, 15) is 0 Å². The second-order valence-corrected chi connectivity index (χ2v) is 6.09. The molecule has 0 fully saturated rings. The summed E-state index contributed by atoms with van der Waals surface area (Å²) in [6.45, 7) is 4.27. The van der Waals surface area contributed by atoms with Crippen LogP contribution in [0.4, 0.5) is 11.4 Å². The number of para-hydroxylation sites is 1. The Morgan fingerprint density at radius 2 is 1.59 bits per heavy atom. The summed E-state index contributed by atoms with van der Waals surface area (Å²) >= 11 is 17.3. The molecule has 22 heavy (non-hydrogen) atoms. The molecule has 0 bridgehead atoms.